The number of non-ortho nitro benzene ring substituents is 1. The predicted octanol–water partition coefficient (Wildman–Crippen LogP) is 4.51. The van der Waals surface area contributed by atoms with Gasteiger partial charge in [-0.15, -0.1) is 0 Å². The van der Waals surface area contributed by atoms with Gasteiger partial charge < -0.3 is 9.64 Å². The van der Waals surface area contributed by atoms with Gasteiger partial charge in [-0.1, -0.05) is 23.2 Å². The summed E-state index contributed by atoms with van der Waals surface area (Å²) >= 11 is 12.1. The standard InChI is InChI=1S/C19H16Cl2N2O4/c20-15-9-14(10-16(21)11-15)18-12-22(7-8-27-18)19(24)6-3-13-1-4-17(5-2-13)23(25)26/h1-6,9-11,18H,7-8,12H2/b6-3+. The third kappa shape index (κ3) is 5.07. The number of rotatable bonds is 4. The summed E-state index contributed by atoms with van der Waals surface area (Å²) in [4.78, 5) is 24.4. The summed E-state index contributed by atoms with van der Waals surface area (Å²) in [6, 6.07) is 11.2. The molecule has 27 heavy (non-hydrogen) atoms. The minimum atomic E-state index is -0.464. The van der Waals surface area contributed by atoms with Crippen LogP contribution in [0.3, 0.4) is 0 Å². The van der Waals surface area contributed by atoms with Crippen LogP contribution in [0.4, 0.5) is 5.69 Å². The fourth-order valence-electron chi connectivity index (χ4n) is 2.79. The van der Waals surface area contributed by atoms with Crippen molar-refractivity contribution < 1.29 is 14.5 Å². The van der Waals surface area contributed by atoms with E-state index < -0.39 is 4.92 Å². The van der Waals surface area contributed by atoms with Gasteiger partial charge in [-0.2, -0.15) is 0 Å². The van der Waals surface area contributed by atoms with Crippen molar-refractivity contribution in [2.45, 2.75) is 6.10 Å². The molecule has 1 heterocycles. The smallest absolute Gasteiger partial charge is 0.269 e. The molecule has 0 aliphatic carbocycles. The first kappa shape index (κ1) is 19.4. The van der Waals surface area contributed by atoms with Crippen molar-refractivity contribution in [3.63, 3.8) is 0 Å². The van der Waals surface area contributed by atoms with Gasteiger partial charge in [0.1, 0.15) is 6.10 Å². The average Bonchev–Trinajstić information content (AvgIpc) is 2.65. The maximum atomic E-state index is 12.5. The molecule has 2 aromatic carbocycles. The number of morpholine rings is 1. The van der Waals surface area contributed by atoms with Crippen LogP contribution in [-0.4, -0.2) is 35.4 Å². The van der Waals surface area contributed by atoms with Crippen molar-refractivity contribution >= 4 is 40.9 Å². The number of ether oxygens (including phenoxy) is 1. The number of hydrogen-bond donors (Lipinski definition) is 0. The number of nitro groups is 1. The number of nitro benzene ring substituents is 1. The van der Waals surface area contributed by atoms with E-state index in [4.69, 9.17) is 27.9 Å². The van der Waals surface area contributed by atoms with Crippen LogP contribution in [0.5, 0.6) is 0 Å². The van der Waals surface area contributed by atoms with Crippen LogP contribution in [0.15, 0.2) is 48.5 Å². The monoisotopic (exact) mass is 406 g/mol. The van der Waals surface area contributed by atoms with E-state index in [-0.39, 0.29) is 17.7 Å². The highest BCUT2D eigenvalue weighted by atomic mass is 35.5. The molecule has 2 aromatic rings. The van der Waals surface area contributed by atoms with E-state index in [2.05, 4.69) is 0 Å². The van der Waals surface area contributed by atoms with Crippen LogP contribution >= 0.6 is 23.2 Å². The van der Waals surface area contributed by atoms with Crippen LogP contribution < -0.4 is 0 Å². The normalized spacial score (nSPS) is 17.3. The van der Waals surface area contributed by atoms with E-state index in [0.29, 0.717) is 35.3 Å². The second kappa shape index (κ2) is 8.52. The van der Waals surface area contributed by atoms with E-state index in [9.17, 15) is 14.9 Å². The van der Waals surface area contributed by atoms with Crippen LogP contribution in [0.2, 0.25) is 10.0 Å². The van der Waals surface area contributed by atoms with E-state index in [0.717, 1.165) is 5.56 Å². The summed E-state index contributed by atoms with van der Waals surface area (Å²) in [5.41, 5.74) is 1.54. The molecule has 0 N–H and O–H groups in total. The number of hydrogen-bond acceptors (Lipinski definition) is 4. The number of halogens is 2. The summed E-state index contributed by atoms with van der Waals surface area (Å²) < 4.78 is 5.75. The van der Waals surface area contributed by atoms with Gasteiger partial charge in [0.15, 0.2) is 0 Å². The van der Waals surface area contributed by atoms with Crippen LogP contribution in [0.25, 0.3) is 6.08 Å². The SMILES string of the molecule is O=C(/C=C/c1ccc([N+](=O)[O-])cc1)N1CCOC(c2cc(Cl)cc(Cl)c2)C1. The van der Waals surface area contributed by atoms with Crippen molar-refractivity contribution in [2.24, 2.45) is 0 Å². The summed E-state index contributed by atoms with van der Waals surface area (Å²) in [6.45, 7) is 1.28. The number of carbonyl (C=O) groups excluding carboxylic acids is 1. The third-order valence-electron chi connectivity index (χ3n) is 4.16. The Bertz CT molecular complexity index is 864. The first-order chi connectivity index (χ1) is 12.9. The zero-order valence-electron chi connectivity index (χ0n) is 14.2. The molecule has 0 aromatic heterocycles. The summed E-state index contributed by atoms with van der Waals surface area (Å²) in [5, 5.41) is 11.7. The molecule has 0 radical (unpaired) electrons. The fraction of sp³-hybridized carbons (Fsp3) is 0.211. The van der Waals surface area contributed by atoms with Gasteiger partial charge in [0.25, 0.3) is 5.69 Å². The van der Waals surface area contributed by atoms with E-state index in [1.54, 1.807) is 41.3 Å². The molecule has 0 saturated carbocycles. The zero-order valence-corrected chi connectivity index (χ0v) is 15.7. The van der Waals surface area contributed by atoms with Gasteiger partial charge in [0.2, 0.25) is 5.91 Å². The van der Waals surface area contributed by atoms with Crippen LogP contribution in [-0.2, 0) is 9.53 Å². The molecule has 1 unspecified atom stereocenters. The topological polar surface area (TPSA) is 72.7 Å². The maximum absolute atomic E-state index is 12.5. The molecule has 1 fully saturated rings. The Morgan fingerprint density at radius 1 is 1.19 bits per heavy atom. The molecule has 3 rings (SSSR count). The highest BCUT2D eigenvalue weighted by molar-refractivity contribution is 6.34. The molecule has 1 saturated heterocycles. The first-order valence-corrected chi connectivity index (χ1v) is 8.97. The molecular formula is C19H16Cl2N2O4. The van der Waals surface area contributed by atoms with Crippen molar-refractivity contribution in [1.82, 2.24) is 4.90 Å². The number of amides is 1. The predicted molar refractivity (Wildman–Crippen MR) is 104 cm³/mol. The molecule has 1 amide bonds. The lowest BCUT2D eigenvalue weighted by molar-refractivity contribution is -0.384. The molecule has 0 spiro atoms. The van der Waals surface area contributed by atoms with E-state index in [1.807, 2.05) is 0 Å². The van der Waals surface area contributed by atoms with E-state index >= 15 is 0 Å². The second-order valence-electron chi connectivity index (χ2n) is 6.03. The second-order valence-corrected chi connectivity index (χ2v) is 6.90. The van der Waals surface area contributed by atoms with E-state index in [1.165, 1.54) is 18.2 Å². The van der Waals surface area contributed by atoms with Crippen LogP contribution in [0.1, 0.15) is 17.2 Å². The largest absolute Gasteiger partial charge is 0.370 e. The molecular weight excluding hydrogens is 391 g/mol. The Morgan fingerprint density at radius 3 is 2.48 bits per heavy atom. The van der Waals surface area contributed by atoms with Gasteiger partial charge in [-0.3, -0.25) is 14.9 Å². The maximum Gasteiger partial charge on any atom is 0.269 e. The lowest BCUT2D eigenvalue weighted by Gasteiger charge is -2.32. The van der Waals surface area contributed by atoms with Gasteiger partial charge >= 0.3 is 0 Å². The Hall–Kier alpha value is -2.41. The van der Waals surface area contributed by atoms with Crippen LogP contribution in [0, 0.1) is 10.1 Å². The summed E-state index contributed by atoms with van der Waals surface area (Å²) in [5.74, 6) is -0.158. The highest BCUT2D eigenvalue weighted by Gasteiger charge is 2.24. The van der Waals surface area contributed by atoms with Crippen molar-refractivity contribution in [3.05, 3.63) is 79.8 Å². The minimum absolute atomic E-state index is 0.00896. The zero-order chi connectivity index (χ0) is 19.4. The quantitative estimate of drug-likeness (QED) is 0.425. The molecule has 8 heteroatoms. The molecule has 1 atom stereocenters. The Labute approximate surface area is 166 Å². The minimum Gasteiger partial charge on any atom is -0.370 e. The van der Waals surface area contributed by atoms with Gasteiger partial charge in [0.05, 0.1) is 18.1 Å². The molecule has 1 aliphatic rings. The third-order valence-corrected chi connectivity index (χ3v) is 4.59. The molecule has 0 bridgehead atoms. The Morgan fingerprint density at radius 2 is 1.85 bits per heavy atom. The van der Waals surface area contributed by atoms with Gasteiger partial charge in [-0.25, -0.2) is 0 Å². The summed E-state index contributed by atoms with van der Waals surface area (Å²) in [7, 11) is 0. The Balaban J connectivity index is 1.66. The highest BCUT2D eigenvalue weighted by Crippen LogP contribution is 2.28. The molecule has 140 valence electrons. The lowest BCUT2D eigenvalue weighted by atomic mass is 10.1. The fourth-order valence-corrected chi connectivity index (χ4v) is 3.34. The van der Waals surface area contributed by atoms with Gasteiger partial charge in [0, 0.05) is 34.8 Å². The molecule has 1 aliphatic heterocycles. The Kier molecular flexibility index (Phi) is 6.11. The van der Waals surface area contributed by atoms with Crippen molar-refractivity contribution in [3.8, 4) is 0 Å². The first-order valence-electron chi connectivity index (χ1n) is 8.21. The lowest BCUT2D eigenvalue weighted by Crippen LogP contribution is -2.41. The summed E-state index contributed by atoms with van der Waals surface area (Å²) in [6.07, 6.45) is 2.79. The number of nitrogens with zero attached hydrogens (tertiary/aromatic N) is 2. The van der Waals surface area contributed by atoms with Crippen molar-refractivity contribution in [2.75, 3.05) is 19.7 Å². The average molecular weight is 407 g/mol. The van der Waals surface area contributed by atoms with Crippen molar-refractivity contribution in [1.29, 1.82) is 0 Å². The number of carbonyl (C=O) groups is 1. The molecule has 6 nitrogen and oxygen atoms in total. The van der Waals surface area contributed by atoms with Gasteiger partial charge in [-0.05, 0) is 47.5 Å². The number of benzene rings is 2.